The number of rotatable bonds is 4. The highest BCUT2D eigenvalue weighted by atomic mass is 19.2. The number of aromatic nitrogens is 7. The van der Waals surface area contributed by atoms with Crippen molar-refractivity contribution < 1.29 is 8.78 Å². The normalized spacial score (nSPS) is 19.9. The number of nitrogens with zero attached hydrogens (tertiary/aromatic N) is 7. The van der Waals surface area contributed by atoms with Crippen LogP contribution >= 0.6 is 0 Å². The Balaban J connectivity index is 1.49. The Hall–Kier alpha value is -3.47. The van der Waals surface area contributed by atoms with Crippen LogP contribution in [-0.2, 0) is 0 Å². The van der Waals surface area contributed by atoms with E-state index in [1.165, 1.54) is 10.8 Å². The third-order valence-electron chi connectivity index (χ3n) is 5.69. The molecule has 11 heteroatoms. The van der Waals surface area contributed by atoms with Gasteiger partial charge in [-0.2, -0.15) is 0 Å². The summed E-state index contributed by atoms with van der Waals surface area (Å²) in [7, 11) is 0. The summed E-state index contributed by atoms with van der Waals surface area (Å²) in [5, 5.41) is 14.8. The van der Waals surface area contributed by atoms with E-state index in [1.807, 2.05) is 18.5 Å². The molecule has 1 aliphatic heterocycles. The number of nitrogens with two attached hydrogens (primary N) is 1. The zero-order valence-corrected chi connectivity index (χ0v) is 16.6. The molecule has 9 nitrogen and oxygen atoms in total. The molecule has 1 saturated heterocycles. The van der Waals surface area contributed by atoms with Gasteiger partial charge in [-0.25, -0.2) is 23.4 Å². The monoisotopic (exact) mass is 425 g/mol. The van der Waals surface area contributed by atoms with Gasteiger partial charge >= 0.3 is 0 Å². The Kier molecular flexibility index (Phi) is 5.02. The van der Waals surface area contributed by atoms with Crippen molar-refractivity contribution in [2.24, 2.45) is 0 Å². The molecule has 1 aliphatic carbocycles. The van der Waals surface area contributed by atoms with E-state index in [1.54, 1.807) is 6.20 Å². The average Bonchev–Trinajstić information content (AvgIpc) is 3.47. The largest absolute Gasteiger partial charge is 0.382 e. The fourth-order valence-electron chi connectivity index (χ4n) is 4.01. The van der Waals surface area contributed by atoms with Crippen molar-refractivity contribution in [3.05, 3.63) is 48.5 Å². The molecule has 1 fully saturated rings. The van der Waals surface area contributed by atoms with E-state index in [0.717, 1.165) is 37.6 Å². The lowest BCUT2D eigenvalue weighted by Gasteiger charge is -2.24. The summed E-state index contributed by atoms with van der Waals surface area (Å²) in [6.45, 7) is 1.99. The van der Waals surface area contributed by atoms with Crippen LogP contribution in [0.5, 0.6) is 0 Å². The summed E-state index contributed by atoms with van der Waals surface area (Å²) < 4.78 is 31.5. The fourth-order valence-corrected chi connectivity index (χ4v) is 4.01. The Labute approximate surface area is 176 Å². The minimum absolute atomic E-state index is 0.105. The van der Waals surface area contributed by atoms with Gasteiger partial charge in [-0.15, -0.1) is 5.10 Å². The maximum atomic E-state index is 14.4. The highest BCUT2D eigenvalue weighted by Gasteiger charge is 2.28. The highest BCUT2D eigenvalue weighted by Crippen LogP contribution is 2.34. The molecule has 4 heterocycles. The topological polar surface area (TPSA) is 112 Å². The summed E-state index contributed by atoms with van der Waals surface area (Å²) in [5.41, 5.74) is 7.75. The lowest BCUT2D eigenvalue weighted by Crippen LogP contribution is -2.28. The third-order valence-corrected chi connectivity index (χ3v) is 5.69. The molecule has 2 aliphatic rings. The SMILES string of the molecule is Nc1ncc(-c2ccn(C3CCNCC3)c2)nc1-c1nnnn1C1CC=CC(F)=C1F. The second kappa shape index (κ2) is 7.99. The van der Waals surface area contributed by atoms with E-state index in [-0.39, 0.29) is 23.8 Å². The van der Waals surface area contributed by atoms with Crippen molar-refractivity contribution in [1.29, 1.82) is 0 Å². The third kappa shape index (κ3) is 3.61. The van der Waals surface area contributed by atoms with Crippen molar-refractivity contribution in [3.63, 3.8) is 0 Å². The molecule has 0 radical (unpaired) electrons. The number of allylic oxidation sites excluding steroid dienone is 4. The van der Waals surface area contributed by atoms with E-state index < -0.39 is 17.7 Å². The van der Waals surface area contributed by atoms with Crippen LogP contribution in [0.15, 0.2) is 48.5 Å². The van der Waals surface area contributed by atoms with Crippen LogP contribution in [0.3, 0.4) is 0 Å². The molecule has 0 bridgehead atoms. The Bertz CT molecular complexity index is 1160. The molecular weight excluding hydrogens is 404 g/mol. The number of halogens is 2. The Morgan fingerprint density at radius 3 is 2.87 bits per heavy atom. The van der Waals surface area contributed by atoms with E-state index >= 15 is 0 Å². The molecule has 0 saturated carbocycles. The molecule has 1 atom stereocenters. The minimum atomic E-state index is -0.999. The summed E-state index contributed by atoms with van der Waals surface area (Å²) in [6.07, 6.45) is 10.6. The molecule has 1 unspecified atom stereocenters. The lowest BCUT2D eigenvalue weighted by molar-refractivity contribution is 0.369. The second-order valence-corrected chi connectivity index (χ2v) is 7.61. The number of hydrogen-bond acceptors (Lipinski definition) is 7. The van der Waals surface area contributed by atoms with Crippen LogP contribution in [0, 0.1) is 0 Å². The number of nitrogens with one attached hydrogen (secondary N) is 1. The van der Waals surface area contributed by atoms with Crippen LogP contribution < -0.4 is 11.1 Å². The summed E-state index contributed by atoms with van der Waals surface area (Å²) in [6, 6.07) is 1.41. The molecular formula is C20H21F2N9. The predicted octanol–water partition coefficient (Wildman–Crippen LogP) is 2.76. The summed E-state index contributed by atoms with van der Waals surface area (Å²) in [5.74, 6) is -1.63. The first kappa shape index (κ1) is 19.5. The molecule has 160 valence electrons. The zero-order valence-electron chi connectivity index (χ0n) is 16.6. The van der Waals surface area contributed by atoms with E-state index in [2.05, 4.69) is 35.4 Å². The maximum absolute atomic E-state index is 14.4. The van der Waals surface area contributed by atoms with Crippen LogP contribution in [0.4, 0.5) is 14.6 Å². The van der Waals surface area contributed by atoms with E-state index in [0.29, 0.717) is 11.7 Å². The first-order valence-electron chi connectivity index (χ1n) is 10.1. The van der Waals surface area contributed by atoms with Gasteiger partial charge in [-0.3, -0.25) is 0 Å². The number of tetrazole rings is 1. The van der Waals surface area contributed by atoms with Gasteiger partial charge in [0.25, 0.3) is 0 Å². The first-order valence-corrected chi connectivity index (χ1v) is 10.1. The van der Waals surface area contributed by atoms with E-state index in [4.69, 9.17) is 5.73 Å². The number of anilines is 1. The maximum Gasteiger partial charge on any atom is 0.205 e. The van der Waals surface area contributed by atoms with Crippen LogP contribution in [0.2, 0.25) is 0 Å². The summed E-state index contributed by atoms with van der Waals surface area (Å²) in [4.78, 5) is 8.86. The zero-order chi connectivity index (χ0) is 21.4. The summed E-state index contributed by atoms with van der Waals surface area (Å²) >= 11 is 0. The predicted molar refractivity (Wildman–Crippen MR) is 110 cm³/mol. The van der Waals surface area contributed by atoms with Gasteiger partial charge in [0.05, 0.1) is 11.9 Å². The van der Waals surface area contributed by atoms with Crippen molar-refractivity contribution >= 4 is 5.82 Å². The molecule has 0 spiro atoms. The van der Waals surface area contributed by atoms with Gasteiger partial charge in [0, 0.05) is 24.0 Å². The molecule has 3 N–H and O–H groups in total. The van der Waals surface area contributed by atoms with Gasteiger partial charge < -0.3 is 15.6 Å². The molecule has 0 aromatic carbocycles. The number of hydrogen-bond donors (Lipinski definition) is 2. The van der Waals surface area contributed by atoms with Gasteiger partial charge in [0.1, 0.15) is 6.04 Å². The standard InChI is InChI=1S/C20H21F2N9/c21-14-2-1-3-16(17(14)22)31-20(27-28-29-31)18-19(23)25-10-15(26-18)12-6-9-30(11-12)13-4-7-24-8-5-13/h1-2,6,9-11,13,16,24H,3-5,7-8H2,(H2,23,25). The number of nitrogen functional groups attached to an aromatic ring is 1. The minimum Gasteiger partial charge on any atom is -0.382 e. The van der Waals surface area contributed by atoms with Crippen molar-refractivity contribution in [2.45, 2.75) is 31.3 Å². The fraction of sp³-hybridized carbons (Fsp3) is 0.350. The van der Waals surface area contributed by atoms with Gasteiger partial charge in [-0.05, 0) is 54.9 Å². The smallest absolute Gasteiger partial charge is 0.205 e. The van der Waals surface area contributed by atoms with Crippen LogP contribution in [0.1, 0.15) is 31.3 Å². The average molecular weight is 425 g/mol. The van der Waals surface area contributed by atoms with Gasteiger partial charge in [-0.1, -0.05) is 6.08 Å². The molecule has 31 heavy (non-hydrogen) atoms. The number of piperidine rings is 1. The first-order chi connectivity index (χ1) is 15.1. The highest BCUT2D eigenvalue weighted by molar-refractivity contribution is 5.68. The van der Waals surface area contributed by atoms with Gasteiger partial charge in [0.15, 0.2) is 23.2 Å². The lowest BCUT2D eigenvalue weighted by atomic mass is 10.1. The molecule has 3 aromatic rings. The van der Waals surface area contributed by atoms with Crippen molar-refractivity contribution in [3.8, 4) is 22.8 Å². The second-order valence-electron chi connectivity index (χ2n) is 7.61. The van der Waals surface area contributed by atoms with Crippen molar-refractivity contribution in [2.75, 3.05) is 18.8 Å². The Morgan fingerprint density at radius 2 is 2.03 bits per heavy atom. The molecule has 0 amide bonds. The van der Waals surface area contributed by atoms with Crippen LogP contribution in [0.25, 0.3) is 22.8 Å². The van der Waals surface area contributed by atoms with Crippen molar-refractivity contribution in [1.82, 2.24) is 40.1 Å². The quantitative estimate of drug-likeness (QED) is 0.661. The molecule has 5 rings (SSSR count). The van der Waals surface area contributed by atoms with Gasteiger partial charge in [0.2, 0.25) is 5.82 Å². The molecule has 3 aromatic heterocycles. The van der Waals surface area contributed by atoms with E-state index in [9.17, 15) is 8.78 Å². The van der Waals surface area contributed by atoms with Crippen LogP contribution in [-0.4, -0.2) is 47.8 Å². The Morgan fingerprint density at radius 1 is 1.19 bits per heavy atom.